The highest BCUT2D eigenvalue weighted by Gasteiger charge is 2.30. The standard InChI is InChI=1S/C20H19ClN2O/c1-12-2-7-17(21)10-18(12)15-6-5-14-9-19(22-11-16(14)8-15)23-20(24)13-3-4-13/h2,5-11,13,19,22H,3-4H2,1H3,(H,23,24). The first-order valence-corrected chi connectivity index (χ1v) is 8.63. The molecule has 0 saturated heterocycles. The number of aryl methyl sites for hydroxylation is 1. The maximum absolute atomic E-state index is 11.9. The number of rotatable bonds is 3. The zero-order valence-corrected chi connectivity index (χ0v) is 14.2. The van der Waals surface area contributed by atoms with Gasteiger partial charge in [-0.2, -0.15) is 0 Å². The fourth-order valence-electron chi connectivity index (χ4n) is 3.03. The van der Waals surface area contributed by atoms with Crippen LogP contribution in [0.15, 0.2) is 36.4 Å². The van der Waals surface area contributed by atoms with Gasteiger partial charge in [0.25, 0.3) is 0 Å². The highest BCUT2D eigenvalue weighted by Crippen LogP contribution is 2.29. The van der Waals surface area contributed by atoms with Crippen LogP contribution in [-0.2, 0) is 4.79 Å². The zero-order chi connectivity index (χ0) is 16.7. The summed E-state index contributed by atoms with van der Waals surface area (Å²) in [4.78, 5) is 11.9. The monoisotopic (exact) mass is 338 g/mol. The van der Waals surface area contributed by atoms with Gasteiger partial charge in [0.05, 0.1) is 0 Å². The summed E-state index contributed by atoms with van der Waals surface area (Å²) >= 11 is 6.14. The lowest BCUT2D eigenvalue weighted by Gasteiger charge is -2.18. The van der Waals surface area contributed by atoms with Crippen molar-refractivity contribution in [3.8, 4) is 11.1 Å². The van der Waals surface area contributed by atoms with Crippen LogP contribution in [0.25, 0.3) is 23.4 Å². The third kappa shape index (κ3) is 3.04. The molecule has 2 aliphatic rings. The Morgan fingerprint density at radius 2 is 2.00 bits per heavy atom. The van der Waals surface area contributed by atoms with E-state index in [0.717, 1.165) is 39.4 Å². The lowest BCUT2D eigenvalue weighted by Crippen LogP contribution is -2.48. The number of hydrogen-bond donors (Lipinski definition) is 2. The summed E-state index contributed by atoms with van der Waals surface area (Å²) in [5, 5.41) is 9.26. The van der Waals surface area contributed by atoms with Crippen LogP contribution < -0.4 is 21.1 Å². The number of carbonyl (C=O) groups is 1. The molecule has 1 heterocycles. The molecule has 1 aliphatic carbocycles. The van der Waals surface area contributed by atoms with Gasteiger partial charge in [0.2, 0.25) is 5.91 Å². The fourth-order valence-corrected chi connectivity index (χ4v) is 3.20. The van der Waals surface area contributed by atoms with Crippen molar-refractivity contribution in [3.63, 3.8) is 0 Å². The number of hydrogen-bond acceptors (Lipinski definition) is 2. The molecule has 3 nitrogen and oxygen atoms in total. The molecule has 1 saturated carbocycles. The lowest BCUT2D eigenvalue weighted by molar-refractivity contribution is -0.122. The summed E-state index contributed by atoms with van der Waals surface area (Å²) in [5.74, 6) is 0.363. The first kappa shape index (κ1) is 15.3. The van der Waals surface area contributed by atoms with Gasteiger partial charge in [-0.15, -0.1) is 0 Å². The Morgan fingerprint density at radius 3 is 2.79 bits per heavy atom. The molecule has 1 aliphatic heterocycles. The van der Waals surface area contributed by atoms with Crippen LogP contribution in [0.2, 0.25) is 5.02 Å². The van der Waals surface area contributed by atoms with Crippen LogP contribution in [0.3, 0.4) is 0 Å². The van der Waals surface area contributed by atoms with Crippen LogP contribution >= 0.6 is 11.6 Å². The smallest absolute Gasteiger partial charge is 0.224 e. The Morgan fingerprint density at radius 1 is 1.17 bits per heavy atom. The normalized spacial score (nSPS) is 18.7. The highest BCUT2D eigenvalue weighted by molar-refractivity contribution is 6.30. The van der Waals surface area contributed by atoms with E-state index in [1.54, 1.807) is 0 Å². The van der Waals surface area contributed by atoms with Crippen molar-refractivity contribution in [1.82, 2.24) is 10.6 Å². The van der Waals surface area contributed by atoms with Crippen molar-refractivity contribution >= 4 is 29.8 Å². The van der Waals surface area contributed by atoms with Gasteiger partial charge in [0, 0.05) is 17.1 Å². The molecule has 0 aromatic heterocycles. The van der Waals surface area contributed by atoms with Crippen molar-refractivity contribution in [2.24, 2.45) is 5.92 Å². The molecule has 1 fully saturated rings. The Hall–Kier alpha value is -2.26. The molecule has 4 heteroatoms. The molecule has 122 valence electrons. The van der Waals surface area contributed by atoms with Crippen molar-refractivity contribution in [1.29, 1.82) is 0 Å². The van der Waals surface area contributed by atoms with Gasteiger partial charge in [-0.05, 0) is 71.2 Å². The summed E-state index contributed by atoms with van der Waals surface area (Å²) in [7, 11) is 0. The first-order valence-electron chi connectivity index (χ1n) is 8.25. The summed E-state index contributed by atoms with van der Waals surface area (Å²) in [6.07, 6.45) is 5.92. The summed E-state index contributed by atoms with van der Waals surface area (Å²) in [6.45, 7) is 2.09. The van der Waals surface area contributed by atoms with E-state index in [0.29, 0.717) is 0 Å². The van der Waals surface area contributed by atoms with Gasteiger partial charge in [0.1, 0.15) is 6.17 Å². The van der Waals surface area contributed by atoms with Gasteiger partial charge in [-0.3, -0.25) is 4.79 Å². The van der Waals surface area contributed by atoms with Crippen LogP contribution in [0.1, 0.15) is 18.4 Å². The third-order valence-corrected chi connectivity index (χ3v) is 4.84. The Kier molecular flexibility index (Phi) is 3.81. The van der Waals surface area contributed by atoms with E-state index in [1.807, 2.05) is 24.4 Å². The van der Waals surface area contributed by atoms with E-state index in [9.17, 15) is 4.79 Å². The Bertz CT molecular complexity index is 931. The maximum atomic E-state index is 11.9. The second kappa shape index (κ2) is 5.99. The minimum absolute atomic E-state index is 0.135. The lowest BCUT2D eigenvalue weighted by atomic mass is 9.99. The maximum Gasteiger partial charge on any atom is 0.224 e. The highest BCUT2D eigenvalue weighted by atomic mass is 35.5. The van der Waals surface area contributed by atoms with Gasteiger partial charge >= 0.3 is 0 Å². The SMILES string of the molecule is Cc1ccc(Cl)cc1-c1ccc2c(c1)=CNC(NC(=O)C1CC1)C=2. The van der Waals surface area contributed by atoms with Gasteiger partial charge in [-0.1, -0.05) is 29.8 Å². The molecular formula is C20H19ClN2O. The van der Waals surface area contributed by atoms with Gasteiger partial charge in [-0.25, -0.2) is 0 Å². The molecule has 0 bridgehead atoms. The predicted molar refractivity (Wildman–Crippen MR) is 97.6 cm³/mol. The topological polar surface area (TPSA) is 41.1 Å². The van der Waals surface area contributed by atoms with Gasteiger partial charge < -0.3 is 10.6 Å². The molecule has 1 atom stereocenters. The molecule has 2 N–H and O–H groups in total. The number of nitrogens with one attached hydrogen (secondary N) is 2. The second-order valence-electron chi connectivity index (χ2n) is 6.54. The summed E-state index contributed by atoms with van der Waals surface area (Å²) in [6, 6.07) is 12.3. The predicted octanol–water partition coefficient (Wildman–Crippen LogP) is 2.29. The number of amides is 1. The molecule has 0 radical (unpaired) electrons. The van der Waals surface area contributed by atoms with Crippen molar-refractivity contribution in [3.05, 3.63) is 57.4 Å². The number of carbonyl (C=O) groups excluding carboxylic acids is 1. The second-order valence-corrected chi connectivity index (χ2v) is 6.98. The van der Waals surface area contributed by atoms with E-state index >= 15 is 0 Å². The summed E-state index contributed by atoms with van der Waals surface area (Å²) < 4.78 is 0. The van der Waals surface area contributed by atoms with Crippen LogP contribution in [0.4, 0.5) is 0 Å². The molecule has 2 aromatic carbocycles. The van der Waals surface area contributed by atoms with Crippen LogP contribution in [0, 0.1) is 12.8 Å². The molecule has 0 spiro atoms. The van der Waals surface area contributed by atoms with Gasteiger partial charge in [0.15, 0.2) is 0 Å². The Balaban J connectivity index is 1.65. The minimum Gasteiger partial charge on any atom is -0.368 e. The quantitative estimate of drug-likeness (QED) is 0.901. The first-order chi connectivity index (χ1) is 11.6. The fraction of sp³-hybridized carbons (Fsp3) is 0.250. The van der Waals surface area contributed by atoms with E-state index in [-0.39, 0.29) is 18.0 Å². The minimum atomic E-state index is -0.135. The number of halogens is 1. The average Bonchev–Trinajstić information content (AvgIpc) is 3.42. The average molecular weight is 339 g/mol. The molecule has 2 aromatic rings. The number of fused-ring (bicyclic) bond motifs is 1. The van der Waals surface area contributed by atoms with Crippen molar-refractivity contribution in [2.75, 3.05) is 0 Å². The zero-order valence-electron chi connectivity index (χ0n) is 13.5. The van der Waals surface area contributed by atoms with E-state index in [1.165, 1.54) is 5.56 Å². The molecule has 1 amide bonds. The summed E-state index contributed by atoms with van der Waals surface area (Å²) in [5.41, 5.74) is 3.48. The Labute approximate surface area is 146 Å². The number of benzene rings is 2. The van der Waals surface area contributed by atoms with Crippen LogP contribution in [0.5, 0.6) is 0 Å². The van der Waals surface area contributed by atoms with Crippen molar-refractivity contribution in [2.45, 2.75) is 25.9 Å². The van der Waals surface area contributed by atoms with Crippen molar-refractivity contribution < 1.29 is 4.79 Å². The molecular weight excluding hydrogens is 320 g/mol. The van der Waals surface area contributed by atoms with E-state index in [4.69, 9.17) is 11.6 Å². The molecule has 1 unspecified atom stereocenters. The molecule has 4 rings (SSSR count). The van der Waals surface area contributed by atoms with Crippen LogP contribution in [-0.4, -0.2) is 12.1 Å². The third-order valence-electron chi connectivity index (χ3n) is 4.61. The van der Waals surface area contributed by atoms with E-state index < -0.39 is 0 Å². The van der Waals surface area contributed by atoms with E-state index in [2.05, 4.69) is 41.8 Å². The largest absolute Gasteiger partial charge is 0.368 e. The molecule has 24 heavy (non-hydrogen) atoms.